The van der Waals surface area contributed by atoms with Crippen LogP contribution in [-0.4, -0.2) is 53.6 Å². The van der Waals surface area contributed by atoms with Crippen molar-refractivity contribution >= 4 is 17.8 Å². The lowest BCUT2D eigenvalue weighted by atomic mass is 9.96. The van der Waals surface area contributed by atoms with Crippen molar-refractivity contribution in [2.24, 2.45) is 0 Å². The van der Waals surface area contributed by atoms with E-state index in [0.29, 0.717) is 0 Å². The monoisotopic (exact) mass is 289 g/mol. The standard InChI is InChI=1S/C12H19NO7/c1-5-10(19-7(3)15)9(13-6(2)14)11(12(17)18-5)20-8(4)16/h5,9-12,17H,1-4H3,(H,13,14)/t5-,9-,10+,11-,12+/m0/s1. The van der Waals surface area contributed by atoms with Crippen LogP contribution in [0.3, 0.4) is 0 Å². The predicted molar refractivity (Wildman–Crippen MR) is 65.3 cm³/mol. The van der Waals surface area contributed by atoms with Gasteiger partial charge in [0.2, 0.25) is 5.91 Å². The molecule has 1 amide bonds. The van der Waals surface area contributed by atoms with Crippen LogP contribution >= 0.6 is 0 Å². The maximum atomic E-state index is 11.3. The van der Waals surface area contributed by atoms with E-state index in [1.165, 1.54) is 13.8 Å². The van der Waals surface area contributed by atoms with Crippen LogP contribution in [0, 0.1) is 0 Å². The Bertz CT molecular complexity index is 369. The Hall–Kier alpha value is -1.67. The molecule has 1 saturated heterocycles. The molecule has 20 heavy (non-hydrogen) atoms. The van der Waals surface area contributed by atoms with Gasteiger partial charge in [-0.15, -0.1) is 0 Å². The number of nitrogens with one attached hydrogen (secondary N) is 1. The van der Waals surface area contributed by atoms with Gasteiger partial charge in [0.1, 0.15) is 6.04 Å². The first-order chi connectivity index (χ1) is 9.22. The van der Waals surface area contributed by atoms with Gasteiger partial charge < -0.3 is 24.6 Å². The van der Waals surface area contributed by atoms with Crippen LogP contribution in [0.4, 0.5) is 0 Å². The maximum Gasteiger partial charge on any atom is 0.303 e. The molecule has 1 aliphatic rings. The Morgan fingerprint density at radius 2 is 1.55 bits per heavy atom. The van der Waals surface area contributed by atoms with Crippen LogP contribution < -0.4 is 5.32 Å². The molecular weight excluding hydrogens is 270 g/mol. The number of carbonyl (C=O) groups excluding carboxylic acids is 3. The maximum absolute atomic E-state index is 11.3. The van der Waals surface area contributed by atoms with Crippen molar-refractivity contribution in [3.8, 4) is 0 Å². The summed E-state index contributed by atoms with van der Waals surface area (Å²) in [5, 5.41) is 12.4. The molecule has 0 radical (unpaired) electrons. The molecule has 0 spiro atoms. The molecule has 0 aromatic carbocycles. The highest BCUT2D eigenvalue weighted by Gasteiger charge is 2.48. The Morgan fingerprint density at radius 1 is 1.05 bits per heavy atom. The molecule has 1 aliphatic heterocycles. The van der Waals surface area contributed by atoms with Crippen LogP contribution in [0.2, 0.25) is 0 Å². The minimum absolute atomic E-state index is 0.411. The van der Waals surface area contributed by atoms with Gasteiger partial charge in [0.05, 0.1) is 6.10 Å². The summed E-state index contributed by atoms with van der Waals surface area (Å²) in [5.41, 5.74) is 0. The van der Waals surface area contributed by atoms with Crippen LogP contribution in [0.5, 0.6) is 0 Å². The summed E-state index contributed by atoms with van der Waals surface area (Å²) in [4.78, 5) is 33.5. The van der Waals surface area contributed by atoms with Gasteiger partial charge >= 0.3 is 11.9 Å². The lowest BCUT2D eigenvalue weighted by molar-refractivity contribution is -0.261. The number of amides is 1. The minimum atomic E-state index is -1.42. The average Bonchev–Trinajstić information content (AvgIpc) is 2.27. The molecule has 114 valence electrons. The zero-order chi connectivity index (χ0) is 15.4. The third-order valence-electron chi connectivity index (χ3n) is 2.78. The number of aliphatic hydroxyl groups excluding tert-OH is 1. The van der Waals surface area contributed by atoms with Gasteiger partial charge in [0, 0.05) is 20.8 Å². The fraction of sp³-hybridized carbons (Fsp3) is 0.750. The van der Waals surface area contributed by atoms with Crippen LogP contribution in [-0.2, 0) is 28.6 Å². The second-order valence-corrected chi connectivity index (χ2v) is 4.61. The molecule has 8 heteroatoms. The van der Waals surface area contributed by atoms with Crippen LogP contribution in [0.25, 0.3) is 0 Å². The summed E-state index contributed by atoms with van der Waals surface area (Å²) < 4.78 is 15.2. The van der Waals surface area contributed by atoms with Crippen molar-refractivity contribution < 1.29 is 33.7 Å². The van der Waals surface area contributed by atoms with Gasteiger partial charge in [-0.3, -0.25) is 14.4 Å². The molecule has 1 fully saturated rings. The number of aliphatic hydroxyl groups is 1. The molecule has 0 saturated carbocycles. The molecule has 0 aliphatic carbocycles. The molecule has 2 N–H and O–H groups in total. The first-order valence-electron chi connectivity index (χ1n) is 6.17. The number of ether oxygens (including phenoxy) is 3. The van der Waals surface area contributed by atoms with Crippen molar-refractivity contribution in [3.05, 3.63) is 0 Å². The summed E-state index contributed by atoms with van der Waals surface area (Å²) in [6.45, 7) is 5.22. The van der Waals surface area contributed by atoms with Crippen molar-refractivity contribution in [1.29, 1.82) is 0 Å². The first-order valence-corrected chi connectivity index (χ1v) is 6.17. The zero-order valence-corrected chi connectivity index (χ0v) is 11.8. The van der Waals surface area contributed by atoms with Crippen LogP contribution in [0.15, 0.2) is 0 Å². The second kappa shape index (κ2) is 6.67. The lowest BCUT2D eigenvalue weighted by Gasteiger charge is -2.42. The Labute approximate surface area is 116 Å². The lowest BCUT2D eigenvalue weighted by Crippen LogP contribution is -2.65. The third kappa shape index (κ3) is 4.17. The molecule has 0 unspecified atom stereocenters. The van der Waals surface area contributed by atoms with E-state index in [4.69, 9.17) is 14.2 Å². The zero-order valence-electron chi connectivity index (χ0n) is 11.8. The number of hydrogen-bond acceptors (Lipinski definition) is 7. The number of hydrogen-bond donors (Lipinski definition) is 2. The van der Waals surface area contributed by atoms with Gasteiger partial charge in [0.15, 0.2) is 18.5 Å². The van der Waals surface area contributed by atoms with E-state index in [9.17, 15) is 19.5 Å². The fourth-order valence-electron chi connectivity index (χ4n) is 2.11. The Kier molecular flexibility index (Phi) is 5.46. The molecular formula is C12H19NO7. The summed E-state index contributed by atoms with van der Waals surface area (Å²) in [6, 6.07) is -0.890. The number of carbonyl (C=O) groups is 3. The number of rotatable bonds is 3. The van der Waals surface area contributed by atoms with Gasteiger partial charge in [-0.2, -0.15) is 0 Å². The molecule has 0 aromatic rings. The number of esters is 2. The molecule has 5 atom stereocenters. The molecule has 0 aromatic heterocycles. The van der Waals surface area contributed by atoms with Crippen molar-refractivity contribution in [2.75, 3.05) is 0 Å². The topological polar surface area (TPSA) is 111 Å². The van der Waals surface area contributed by atoms with E-state index in [1.54, 1.807) is 6.92 Å². The molecule has 0 bridgehead atoms. The van der Waals surface area contributed by atoms with Crippen molar-refractivity contribution in [2.45, 2.75) is 58.3 Å². The summed E-state index contributed by atoms with van der Waals surface area (Å²) in [7, 11) is 0. The van der Waals surface area contributed by atoms with Gasteiger partial charge in [-0.25, -0.2) is 0 Å². The summed E-state index contributed by atoms with van der Waals surface area (Å²) >= 11 is 0. The van der Waals surface area contributed by atoms with Crippen molar-refractivity contribution in [3.63, 3.8) is 0 Å². The smallest absolute Gasteiger partial charge is 0.303 e. The third-order valence-corrected chi connectivity index (χ3v) is 2.78. The largest absolute Gasteiger partial charge is 0.457 e. The van der Waals surface area contributed by atoms with Crippen molar-refractivity contribution in [1.82, 2.24) is 5.32 Å². The van der Waals surface area contributed by atoms with Gasteiger partial charge in [-0.05, 0) is 6.92 Å². The van der Waals surface area contributed by atoms with E-state index < -0.39 is 48.5 Å². The average molecular weight is 289 g/mol. The molecule has 1 rings (SSSR count). The highest BCUT2D eigenvalue weighted by Crippen LogP contribution is 2.25. The molecule has 8 nitrogen and oxygen atoms in total. The van der Waals surface area contributed by atoms with Gasteiger partial charge in [0.25, 0.3) is 0 Å². The highest BCUT2D eigenvalue weighted by molar-refractivity contribution is 5.74. The van der Waals surface area contributed by atoms with E-state index in [-0.39, 0.29) is 0 Å². The Balaban J connectivity index is 3.01. The second-order valence-electron chi connectivity index (χ2n) is 4.61. The van der Waals surface area contributed by atoms with Gasteiger partial charge in [-0.1, -0.05) is 0 Å². The quantitative estimate of drug-likeness (QED) is 0.647. The fourth-order valence-corrected chi connectivity index (χ4v) is 2.11. The predicted octanol–water partition coefficient (Wildman–Crippen LogP) is -0.908. The summed E-state index contributed by atoms with van der Waals surface area (Å²) in [6.07, 6.45) is -4.11. The van der Waals surface area contributed by atoms with E-state index >= 15 is 0 Å². The van der Waals surface area contributed by atoms with E-state index in [1.807, 2.05) is 0 Å². The van der Waals surface area contributed by atoms with Crippen LogP contribution in [0.1, 0.15) is 27.7 Å². The Morgan fingerprint density at radius 3 is 2.00 bits per heavy atom. The SMILES string of the molecule is CC(=O)N[C@H]1[C@H](OC(C)=O)[C@H](C)O[C@@H](O)[C@H]1OC(C)=O. The summed E-state index contributed by atoms with van der Waals surface area (Å²) in [5.74, 6) is -1.63. The first kappa shape index (κ1) is 16.4. The normalized spacial score (nSPS) is 33.1. The van der Waals surface area contributed by atoms with E-state index in [2.05, 4.69) is 5.32 Å². The minimum Gasteiger partial charge on any atom is -0.457 e. The van der Waals surface area contributed by atoms with E-state index in [0.717, 1.165) is 6.92 Å². The molecule has 1 heterocycles. The highest BCUT2D eigenvalue weighted by atomic mass is 16.7.